The van der Waals surface area contributed by atoms with Crippen molar-refractivity contribution in [3.05, 3.63) is 94.5 Å². The second-order valence-electron chi connectivity index (χ2n) is 6.75. The Morgan fingerprint density at radius 2 is 1.26 bits per heavy atom. The maximum atomic E-state index is 6.14. The molecule has 0 aliphatic carbocycles. The van der Waals surface area contributed by atoms with Crippen molar-refractivity contribution < 1.29 is 9.47 Å². The molecule has 0 fully saturated rings. The van der Waals surface area contributed by atoms with Crippen molar-refractivity contribution in [2.75, 3.05) is 6.54 Å². The van der Waals surface area contributed by atoms with Crippen molar-refractivity contribution in [3.63, 3.8) is 0 Å². The van der Waals surface area contributed by atoms with Gasteiger partial charge in [0.2, 0.25) is 0 Å². The van der Waals surface area contributed by atoms with Crippen molar-refractivity contribution >= 4 is 0 Å². The zero-order valence-corrected chi connectivity index (χ0v) is 16.1. The molecule has 0 spiro atoms. The molecule has 3 aromatic carbocycles. The van der Waals surface area contributed by atoms with Gasteiger partial charge in [-0.15, -0.1) is 0 Å². The number of nitrogens with two attached hydrogens (primary N) is 1. The second kappa shape index (κ2) is 9.24. The second-order valence-corrected chi connectivity index (χ2v) is 6.75. The first-order valence-electron chi connectivity index (χ1n) is 9.35. The van der Waals surface area contributed by atoms with Gasteiger partial charge in [0, 0.05) is 0 Å². The van der Waals surface area contributed by atoms with Gasteiger partial charge in [-0.1, -0.05) is 54.6 Å². The van der Waals surface area contributed by atoms with Crippen LogP contribution in [0.3, 0.4) is 0 Å². The number of aryl methyl sites for hydroxylation is 2. The van der Waals surface area contributed by atoms with Gasteiger partial charge in [-0.05, 0) is 66.8 Å². The Kier molecular flexibility index (Phi) is 6.50. The number of hydrogen-bond donors (Lipinski definition) is 1. The fourth-order valence-corrected chi connectivity index (χ4v) is 2.96. The summed E-state index contributed by atoms with van der Waals surface area (Å²) in [5.41, 5.74) is 11.7. The van der Waals surface area contributed by atoms with Gasteiger partial charge in [0.1, 0.15) is 13.2 Å². The Hall–Kier alpha value is -2.78. The lowest BCUT2D eigenvalue weighted by molar-refractivity contribution is 0.255. The lowest BCUT2D eigenvalue weighted by atomic mass is 10.1. The molecule has 0 saturated heterocycles. The zero-order chi connectivity index (χ0) is 19.1. The lowest BCUT2D eigenvalue weighted by Crippen LogP contribution is -2.05. The van der Waals surface area contributed by atoms with Gasteiger partial charge in [0.05, 0.1) is 0 Å². The number of ether oxygens (including phenoxy) is 2. The van der Waals surface area contributed by atoms with Gasteiger partial charge in [0.15, 0.2) is 11.5 Å². The molecule has 27 heavy (non-hydrogen) atoms. The average molecular weight is 361 g/mol. The molecule has 0 aromatic heterocycles. The Labute approximate surface area is 161 Å². The van der Waals surface area contributed by atoms with Crippen LogP contribution in [0.15, 0.2) is 66.7 Å². The van der Waals surface area contributed by atoms with Crippen molar-refractivity contribution in [2.24, 2.45) is 5.73 Å². The van der Waals surface area contributed by atoms with Crippen molar-refractivity contribution in [1.29, 1.82) is 0 Å². The van der Waals surface area contributed by atoms with E-state index in [2.05, 4.69) is 44.2 Å². The highest BCUT2D eigenvalue weighted by Gasteiger charge is 2.09. The molecule has 0 aliphatic heterocycles. The van der Waals surface area contributed by atoms with Crippen molar-refractivity contribution in [2.45, 2.75) is 33.5 Å². The molecule has 0 saturated carbocycles. The van der Waals surface area contributed by atoms with E-state index in [9.17, 15) is 0 Å². The summed E-state index contributed by atoms with van der Waals surface area (Å²) in [5.74, 6) is 1.52. The molecule has 2 N–H and O–H groups in total. The third kappa shape index (κ3) is 5.11. The summed E-state index contributed by atoms with van der Waals surface area (Å²) < 4.78 is 12.2. The lowest BCUT2D eigenvalue weighted by Gasteiger charge is -2.16. The summed E-state index contributed by atoms with van der Waals surface area (Å²) in [7, 11) is 0. The van der Waals surface area contributed by atoms with Gasteiger partial charge in [-0.3, -0.25) is 0 Å². The molecule has 3 heteroatoms. The molecular formula is C24H27NO2. The van der Waals surface area contributed by atoms with E-state index in [-0.39, 0.29) is 0 Å². The highest BCUT2D eigenvalue weighted by Crippen LogP contribution is 2.30. The first kappa shape index (κ1) is 19.0. The monoisotopic (exact) mass is 361 g/mol. The molecule has 0 atom stereocenters. The average Bonchev–Trinajstić information content (AvgIpc) is 2.68. The molecule has 140 valence electrons. The number of rotatable bonds is 8. The first-order valence-corrected chi connectivity index (χ1v) is 9.35. The fourth-order valence-electron chi connectivity index (χ4n) is 2.96. The molecule has 0 radical (unpaired) electrons. The minimum atomic E-state index is 0.513. The van der Waals surface area contributed by atoms with E-state index in [0.29, 0.717) is 19.8 Å². The summed E-state index contributed by atoms with van der Waals surface area (Å²) in [6.07, 6.45) is 0.818. The van der Waals surface area contributed by atoms with E-state index in [4.69, 9.17) is 15.2 Å². The molecular weight excluding hydrogens is 334 g/mol. The van der Waals surface area contributed by atoms with Crippen LogP contribution in [0.25, 0.3) is 0 Å². The topological polar surface area (TPSA) is 44.5 Å². The molecule has 0 unspecified atom stereocenters. The third-order valence-electron chi connectivity index (χ3n) is 4.73. The zero-order valence-electron chi connectivity index (χ0n) is 16.1. The molecule has 0 bridgehead atoms. The molecule has 0 aliphatic rings. The Balaban J connectivity index is 1.78. The Morgan fingerprint density at radius 3 is 1.81 bits per heavy atom. The van der Waals surface area contributed by atoms with E-state index in [1.54, 1.807) is 0 Å². The van der Waals surface area contributed by atoms with Gasteiger partial charge in [0.25, 0.3) is 0 Å². The summed E-state index contributed by atoms with van der Waals surface area (Å²) in [6.45, 7) is 5.83. The predicted octanol–water partition coefficient (Wildman–Crippen LogP) is 4.96. The Bertz CT molecular complexity index is 889. The van der Waals surface area contributed by atoms with Gasteiger partial charge >= 0.3 is 0 Å². The number of benzene rings is 3. The van der Waals surface area contributed by atoms with Gasteiger partial charge in [-0.25, -0.2) is 0 Å². The summed E-state index contributed by atoms with van der Waals surface area (Å²) in [4.78, 5) is 0. The van der Waals surface area contributed by atoms with Crippen LogP contribution in [0.2, 0.25) is 0 Å². The number of hydrogen-bond acceptors (Lipinski definition) is 3. The van der Waals surface area contributed by atoms with Crippen molar-refractivity contribution in [1.82, 2.24) is 0 Å². The van der Waals surface area contributed by atoms with Crippen LogP contribution in [0.1, 0.15) is 27.8 Å². The standard InChI is InChI=1S/C24H27NO2/c1-18-7-3-5-9-21(18)16-26-23-12-11-20(13-14-25)15-24(23)27-17-22-10-6-4-8-19(22)2/h3-12,15H,13-14,16-17,25H2,1-2H3. The van der Waals surface area contributed by atoms with Gasteiger partial charge < -0.3 is 15.2 Å². The molecule has 3 nitrogen and oxygen atoms in total. The maximum absolute atomic E-state index is 6.14. The maximum Gasteiger partial charge on any atom is 0.161 e. The third-order valence-corrected chi connectivity index (χ3v) is 4.73. The SMILES string of the molecule is Cc1ccccc1COc1ccc(CCN)cc1OCc1ccccc1C. The molecule has 0 heterocycles. The van der Waals surface area contributed by atoms with E-state index in [1.807, 2.05) is 36.4 Å². The summed E-state index contributed by atoms with van der Waals surface area (Å²) in [6, 6.07) is 22.6. The molecule has 0 amide bonds. The molecule has 3 rings (SSSR count). The van der Waals surface area contributed by atoms with Crippen molar-refractivity contribution in [3.8, 4) is 11.5 Å². The first-order chi connectivity index (χ1) is 13.2. The normalized spacial score (nSPS) is 10.6. The minimum absolute atomic E-state index is 0.513. The fraction of sp³-hybridized carbons (Fsp3) is 0.250. The highest BCUT2D eigenvalue weighted by molar-refractivity contribution is 5.44. The largest absolute Gasteiger partial charge is 0.485 e. The van der Waals surface area contributed by atoms with Crippen LogP contribution in [0.4, 0.5) is 0 Å². The predicted molar refractivity (Wildman–Crippen MR) is 110 cm³/mol. The summed E-state index contributed by atoms with van der Waals surface area (Å²) in [5, 5.41) is 0. The van der Waals surface area contributed by atoms with E-state index >= 15 is 0 Å². The Morgan fingerprint density at radius 1 is 0.704 bits per heavy atom. The van der Waals surface area contributed by atoms with Crippen LogP contribution in [0.5, 0.6) is 11.5 Å². The summed E-state index contributed by atoms with van der Waals surface area (Å²) >= 11 is 0. The van der Waals surface area contributed by atoms with Crippen LogP contribution in [0, 0.1) is 13.8 Å². The highest BCUT2D eigenvalue weighted by atomic mass is 16.5. The van der Waals surface area contributed by atoms with E-state index < -0.39 is 0 Å². The van der Waals surface area contributed by atoms with Crippen LogP contribution in [-0.4, -0.2) is 6.54 Å². The van der Waals surface area contributed by atoms with Crippen LogP contribution >= 0.6 is 0 Å². The van der Waals surface area contributed by atoms with Crippen LogP contribution in [-0.2, 0) is 19.6 Å². The smallest absolute Gasteiger partial charge is 0.161 e. The minimum Gasteiger partial charge on any atom is -0.485 e. The van der Waals surface area contributed by atoms with E-state index in [0.717, 1.165) is 23.5 Å². The van der Waals surface area contributed by atoms with E-state index in [1.165, 1.54) is 22.3 Å². The molecule has 3 aromatic rings. The van der Waals surface area contributed by atoms with Crippen LogP contribution < -0.4 is 15.2 Å². The van der Waals surface area contributed by atoms with Gasteiger partial charge in [-0.2, -0.15) is 0 Å². The quantitative estimate of drug-likeness (QED) is 0.616.